The summed E-state index contributed by atoms with van der Waals surface area (Å²) >= 11 is 0. The number of methoxy groups -OCH3 is 1. The number of hydrogen-bond acceptors (Lipinski definition) is 4. The second-order valence-corrected chi connectivity index (χ2v) is 6.13. The van der Waals surface area contributed by atoms with Crippen molar-refractivity contribution in [2.24, 2.45) is 0 Å². The Morgan fingerprint density at radius 1 is 0.893 bits per heavy atom. The number of hydroxylamine groups is 1. The molecular formula is C22H20N2O4. The van der Waals surface area contributed by atoms with E-state index in [4.69, 9.17) is 9.94 Å². The molecule has 142 valence electrons. The fourth-order valence-corrected chi connectivity index (χ4v) is 2.93. The number of carbonyl (C=O) groups is 2. The third-order valence-corrected chi connectivity index (χ3v) is 4.34. The van der Waals surface area contributed by atoms with E-state index in [1.807, 2.05) is 30.3 Å². The summed E-state index contributed by atoms with van der Waals surface area (Å²) in [4.78, 5) is 24.6. The maximum atomic E-state index is 12.4. The predicted octanol–water partition coefficient (Wildman–Crippen LogP) is 3.58. The summed E-state index contributed by atoms with van der Waals surface area (Å²) in [6, 6.07) is 22.9. The minimum atomic E-state index is -0.658. The molecule has 0 radical (unpaired) electrons. The van der Waals surface area contributed by atoms with Crippen LogP contribution in [0.3, 0.4) is 0 Å². The van der Waals surface area contributed by atoms with Crippen molar-refractivity contribution in [1.82, 2.24) is 5.48 Å². The molecule has 28 heavy (non-hydrogen) atoms. The second-order valence-electron chi connectivity index (χ2n) is 6.13. The molecule has 3 rings (SSSR count). The quantitative estimate of drug-likeness (QED) is 0.453. The van der Waals surface area contributed by atoms with E-state index in [0.29, 0.717) is 22.6 Å². The van der Waals surface area contributed by atoms with Crippen molar-refractivity contribution in [3.8, 4) is 5.75 Å². The van der Waals surface area contributed by atoms with Gasteiger partial charge < -0.3 is 10.1 Å². The van der Waals surface area contributed by atoms with Crippen LogP contribution < -0.4 is 15.5 Å². The summed E-state index contributed by atoms with van der Waals surface area (Å²) in [6.45, 7) is 0. The van der Waals surface area contributed by atoms with Crippen molar-refractivity contribution in [3.63, 3.8) is 0 Å². The van der Waals surface area contributed by atoms with Crippen LogP contribution in [-0.4, -0.2) is 24.1 Å². The van der Waals surface area contributed by atoms with Gasteiger partial charge in [-0.3, -0.25) is 14.8 Å². The fraction of sp³-hybridized carbons (Fsp3) is 0.0909. The highest BCUT2D eigenvalue weighted by atomic mass is 16.5. The van der Waals surface area contributed by atoms with Gasteiger partial charge in [0.25, 0.3) is 11.8 Å². The zero-order valence-corrected chi connectivity index (χ0v) is 15.3. The van der Waals surface area contributed by atoms with Crippen LogP contribution in [0.1, 0.15) is 27.4 Å². The van der Waals surface area contributed by atoms with E-state index in [2.05, 4.69) is 5.32 Å². The van der Waals surface area contributed by atoms with Crippen LogP contribution in [0, 0.1) is 0 Å². The van der Waals surface area contributed by atoms with Crippen molar-refractivity contribution in [3.05, 3.63) is 95.6 Å². The normalized spacial score (nSPS) is 11.4. The molecule has 0 aliphatic rings. The lowest BCUT2D eigenvalue weighted by Gasteiger charge is -2.16. The average molecular weight is 376 g/mol. The van der Waals surface area contributed by atoms with Crippen molar-refractivity contribution in [2.75, 3.05) is 12.4 Å². The lowest BCUT2D eigenvalue weighted by atomic mass is 9.90. The van der Waals surface area contributed by atoms with Crippen LogP contribution in [0.5, 0.6) is 5.75 Å². The van der Waals surface area contributed by atoms with Crippen LogP contribution >= 0.6 is 0 Å². The number of amides is 2. The maximum absolute atomic E-state index is 12.4. The molecule has 0 aliphatic heterocycles. The number of ether oxygens (including phenoxy) is 1. The van der Waals surface area contributed by atoms with E-state index in [-0.39, 0.29) is 5.91 Å². The number of carbonyl (C=O) groups excluding carboxylic acids is 2. The van der Waals surface area contributed by atoms with E-state index in [1.165, 1.54) is 0 Å². The Morgan fingerprint density at radius 2 is 1.57 bits per heavy atom. The molecule has 0 spiro atoms. The molecule has 3 aromatic carbocycles. The number of anilines is 1. The highest BCUT2D eigenvalue weighted by Crippen LogP contribution is 2.26. The van der Waals surface area contributed by atoms with E-state index in [1.54, 1.807) is 61.1 Å². The molecule has 0 heterocycles. The van der Waals surface area contributed by atoms with Crippen LogP contribution in [0.4, 0.5) is 5.69 Å². The topological polar surface area (TPSA) is 87.7 Å². The van der Waals surface area contributed by atoms with Gasteiger partial charge in [0, 0.05) is 11.3 Å². The summed E-state index contributed by atoms with van der Waals surface area (Å²) in [6.07, 6.45) is 0. The molecule has 1 atom stereocenters. The number of hydrogen-bond donors (Lipinski definition) is 3. The van der Waals surface area contributed by atoms with Gasteiger partial charge in [0.05, 0.1) is 13.0 Å². The number of benzene rings is 3. The van der Waals surface area contributed by atoms with Crippen LogP contribution in [0.15, 0.2) is 78.9 Å². The number of nitrogens with one attached hydrogen (secondary N) is 2. The maximum Gasteiger partial charge on any atom is 0.255 e. The van der Waals surface area contributed by atoms with Gasteiger partial charge in [0.1, 0.15) is 5.75 Å². The van der Waals surface area contributed by atoms with E-state index in [0.717, 1.165) is 5.56 Å². The van der Waals surface area contributed by atoms with Gasteiger partial charge in [-0.15, -0.1) is 0 Å². The van der Waals surface area contributed by atoms with Gasteiger partial charge in [-0.05, 0) is 41.5 Å². The zero-order chi connectivity index (χ0) is 19.9. The smallest absolute Gasteiger partial charge is 0.255 e. The zero-order valence-electron chi connectivity index (χ0n) is 15.3. The minimum Gasteiger partial charge on any atom is -0.497 e. The molecule has 0 aromatic heterocycles. The van der Waals surface area contributed by atoms with Gasteiger partial charge in [0.15, 0.2) is 0 Å². The van der Waals surface area contributed by atoms with E-state index >= 15 is 0 Å². The molecule has 3 N–H and O–H groups in total. The van der Waals surface area contributed by atoms with Gasteiger partial charge in [-0.1, -0.05) is 48.5 Å². The fourth-order valence-electron chi connectivity index (χ4n) is 2.93. The molecule has 0 fully saturated rings. The van der Waals surface area contributed by atoms with E-state index in [9.17, 15) is 9.59 Å². The first-order valence-electron chi connectivity index (χ1n) is 8.66. The summed E-state index contributed by atoms with van der Waals surface area (Å²) in [5.74, 6) is -0.850. The molecule has 0 aliphatic carbocycles. The largest absolute Gasteiger partial charge is 0.497 e. The Kier molecular flexibility index (Phi) is 6.04. The minimum absolute atomic E-state index is 0.264. The molecule has 2 amide bonds. The molecule has 6 nitrogen and oxygen atoms in total. The monoisotopic (exact) mass is 376 g/mol. The third-order valence-electron chi connectivity index (χ3n) is 4.34. The van der Waals surface area contributed by atoms with E-state index < -0.39 is 11.8 Å². The molecule has 3 aromatic rings. The lowest BCUT2D eigenvalue weighted by Crippen LogP contribution is -2.27. The summed E-state index contributed by atoms with van der Waals surface area (Å²) in [7, 11) is 1.54. The molecule has 1 unspecified atom stereocenters. The molecule has 0 saturated heterocycles. The molecule has 0 bridgehead atoms. The Balaban J connectivity index is 1.80. The third kappa shape index (κ3) is 4.36. The standard InChI is InChI=1S/C22H20N2O4/c1-28-19-9-5-8-17(14-19)21(25)23-18-12-10-16(11-13-18)20(22(26)24-27)15-6-3-2-4-7-15/h2-14,20,27H,1H3,(H,23,25)(H,24,26). The molecular weight excluding hydrogens is 356 g/mol. The summed E-state index contributed by atoms with van der Waals surface area (Å²) < 4.78 is 5.13. The van der Waals surface area contributed by atoms with Crippen LogP contribution in [0.25, 0.3) is 0 Å². The first-order valence-corrected chi connectivity index (χ1v) is 8.66. The average Bonchev–Trinajstić information content (AvgIpc) is 2.75. The van der Waals surface area contributed by atoms with Crippen molar-refractivity contribution < 1.29 is 19.5 Å². The predicted molar refractivity (Wildman–Crippen MR) is 106 cm³/mol. The Hall–Kier alpha value is -3.64. The first kappa shape index (κ1) is 19.1. The highest BCUT2D eigenvalue weighted by Gasteiger charge is 2.22. The Labute approximate surface area is 162 Å². The van der Waals surface area contributed by atoms with Gasteiger partial charge in [-0.2, -0.15) is 0 Å². The van der Waals surface area contributed by atoms with Crippen molar-refractivity contribution >= 4 is 17.5 Å². The summed E-state index contributed by atoms with van der Waals surface area (Å²) in [5, 5.41) is 11.9. The van der Waals surface area contributed by atoms with Crippen molar-refractivity contribution in [2.45, 2.75) is 5.92 Å². The van der Waals surface area contributed by atoms with Gasteiger partial charge in [0.2, 0.25) is 0 Å². The van der Waals surface area contributed by atoms with Crippen molar-refractivity contribution in [1.29, 1.82) is 0 Å². The number of rotatable bonds is 6. The van der Waals surface area contributed by atoms with Gasteiger partial charge in [-0.25, -0.2) is 5.48 Å². The Morgan fingerprint density at radius 3 is 2.21 bits per heavy atom. The Bertz CT molecular complexity index is 956. The second kappa shape index (κ2) is 8.83. The summed E-state index contributed by atoms with van der Waals surface area (Å²) in [5.41, 5.74) is 4.23. The van der Waals surface area contributed by atoms with Crippen LogP contribution in [0.2, 0.25) is 0 Å². The highest BCUT2D eigenvalue weighted by molar-refractivity contribution is 6.04. The molecule has 0 saturated carbocycles. The SMILES string of the molecule is COc1cccc(C(=O)Nc2ccc(C(C(=O)NO)c3ccccc3)cc2)c1. The lowest BCUT2D eigenvalue weighted by molar-refractivity contribution is -0.129. The molecule has 6 heteroatoms. The van der Waals surface area contributed by atoms with Crippen LogP contribution in [-0.2, 0) is 4.79 Å². The van der Waals surface area contributed by atoms with Gasteiger partial charge >= 0.3 is 0 Å². The first-order chi connectivity index (χ1) is 13.6.